The lowest BCUT2D eigenvalue weighted by Gasteiger charge is -2.09. The van der Waals surface area contributed by atoms with Crippen molar-refractivity contribution in [3.05, 3.63) is 69.7 Å². The van der Waals surface area contributed by atoms with Crippen molar-refractivity contribution in [2.24, 2.45) is 0 Å². The molecule has 0 saturated carbocycles. The first-order chi connectivity index (χ1) is 9.52. The van der Waals surface area contributed by atoms with E-state index in [9.17, 15) is 13.6 Å². The molecule has 1 unspecified atom stereocenters. The third kappa shape index (κ3) is 2.91. The maximum atomic E-state index is 13.1. The number of benzene rings is 2. The van der Waals surface area contributed by atoms with Gasteiger partial charge in [0.25, 0.3) is 0 Å². The molecule has 0 aliphatic heterocycles. The summed E-state index contributed by atoms with van der Waals surface area (Å²) in [5, 5.41) is 9.15. The van der Waals surface area contributed by atoms with Gasteiger partial charge in [0.15, 0.2) is 5.78 Å². The van der Waals surface area contributed by atoms with E-state index < -0.39 is 23.3 Å². The Morgan fingerprint density at radius 3 is 2.35 bits per heavy atom. The number of Topliss-reactive ketones (excluding diaryl/α,β-unsaturated/α-hetero) is 1. The van der Waals surface area contributed by atoms with Gasteiger partial charge in [0.1, 0.15) is 17.6 Å². The molecule has 2 aromatic rings. The summed E-state index contributed by atoms with van der Waals surface area (Å²) in [5.41, 5.74) is 0.619. The zero-order chi connectivity index (χ0) is 14.7. The molecule has 2 rings (SSSR count). The fourth-order valence-electron chi connectivity index (χ4n) is 1.76. The number of rotatable bonds is 3. The third-order valence-corrected chi connectivity index (χ3v) is 3.41. The third-order valence-electron chi connectivity index (χ3n) is 2.80. The molecule has 20 heavy (non-hydrogen) atoms. The largest absolute Gasteiger partial charge is 0.292 e. The summed E-state index contributed by atoms with van der Waals surface area (Å²) in [5.74, 6) is -2.44. The highest BCUT2D eigenvalue weighted by atomic mass is 79.9. The first kappa shape index (κ1) is 14.4. The minimum Gasteiger partial charge on any atom is -0.292 e. The van der Waals surface area contributed by atoms with E-state index in [2.05, 4.69) is 15.9 Å². The highest BCUT2D eigenvalue weighted by Gasteiger charge is 2.22. The van der Waals surface area contributed by atoms with Gasteiger partial charge in [-0.1, -0.05) is 12.1 Å². The lowest BCUT2D eigenvalue weighted by atomic mass is 9.92. The predicted molar refractivity (Wildman–Crippen MR) is 73.2 cm³/mol. The summed E-state index contributed by atoms with van der Waals surface area (Å²) < 4.78 is 26.2. The van der Waals surface area contributed by atoms with E-state index >= 15 is 0 Å². The second-order valence-corrected chi connectivity index (χ2v) is 4.96. The van der Waals surface area contributed by atoms with Crippen LogP contribution in [0.4, 0.5) is 8.78 Å². The average molecular weight is 336 g/mol. The maximum absolute atomic E-state index is 13.1. The van der Waals surface area contributed by atoms with Gasteiger partial charge in [-0.05, 0) is 51.8 Å². The number of halogens is 3. The second kappa shape index (κ2) is 5.93. The van der Waals surface area contributed by atoms with E-state index in [1.807, 2.05) is 6.07 Å². The standard InChI is InChI=1S/C15H8BrF2NO/c16-13-7-10(3-6-14(13)18)15(20)12(8-19)9-1-4-11(17)5-2-9/h1-7,12H. The van der Waals surface area contributed by atoms with Crippen LogP contribution in [-0.2, 0) is 0 Å². The van der Waals surface area contributed by atoms with Gasteiger partial charge in [0.05, 0.1) is 10.5 Å². The first-order valence-corrected chi connectivity index (χ1v) is 6.46. The minimum atomic E-state index is -1.05. The van der Waals surface area contributed by atoms with Gasteiger partial charge in [-0.25, -0.2) is 8.78 Å². The van der Waals surface area contributed by atoms with Crippen LogP contribution in [0, 0.1) is 23.0 Å². The topological polar surface area (TPSA) is 40.9 Å². The Morgan fingerprint density at radius 1 is 1.15 bits per heavy atom. The molecule has 0 spiro atoms. The van der Waals surface area contributed by atoms with E-state index in [0.717, 1.165) is 6.07 Å². The summed E-state index contributed by atoms with van der Waals surface area (Å²) in [6.45, 7) is 0. The SMILES string of the molecule is N#CC(C(=O)c1ccc(F)c(Br)c1)c1ccc(F)cc1. The van der Waals surface area contributed by atoms with Crippen LogP contribution in [0.2, 0.25) is 0 Å². The molecule has 0 amide bonds. The highest BCUT2D eigenvalue weighted by molar-refractivity contribution is 9.10. The molecule has 1 atom stereocenters. The normalized spacial score (nSPS) is 11.7. The van der Waals surface area contributed by atoms with Crippen molar-refractivity contribution in [3.8, 4) is 6.07 Å². The summed E-state index contributed by atoms with van der Waals surface area (Å²) in [6.07, 6.45) is 0. The van der Waals surface area contributed by atoms with E-state index in [1.165, 1.54) is 36.4 Å². The smallest absolute Gasteiger partial charge is 0.184 e. The Balaban J connectivity index is 2.36. The van der Waals surface area contributed by atoms with Crippen molar-refractivity contribution in [1.82, 2.24) is 0 Å². The lowest BCUT2D eigenvalue weighted by molar-refractivity contribution is 0.0978. The van der Waals surface area contributed by atoms with E-state index in [1.54, 1.807) is 0 Å². The van der Waals surface area contributed by atoms with Crippen molar-refractivity contribution < 1.29 is 13.6 Å². The molecule has 0 heterocycles. The Kier molecular flexibility index (Phi) is 4.26. The van der Waals surface area contributed by atoms with Crippen molar-refractivity contribution in [3.63, 3.8) is 0 Å². The van der Waals surface area contributed by atoms with Crippen molar-refractivity contribution >= 4 is 21.7 Å². The van der Waals surface area contributed by atoms with Crippen LogP contribution in [0.15, 0.2) is 46.9 Å². The van der Waals surface area contributed by atoms with Crippen LogP contribution in [0.3, 0.4) is 0 Å². The van der Waals surface area contributed by atoms with Gasteiger partial charge in [0.2, 0.25) is 0 Å². The highest BCUT2D eigenvalue weighted by Crippen LogP contribution is 2.24. The second-order valence-electron chi connectivity index (χ2n) is 4.11. The number of nitrogens with zero attached hydrogens (tertiary/aromatic N) is 1. The predicted octanol–water partition coefficient (Wildman–Crippen LogP) is 4.22. The number of nitriles is 1. The van der Waals surface area contributed by atoms with Crippen LogP contribution < -0.4 is 0 Å². The van der Waals surface area contributed by atoms with E-state index in [-0.39, 0.29) is 10.0 Å². The molecule has 100 valence electrons. The van der Waals surface area contributed by atoms with Gasteiger partial charge in [0, 0.05) is 5.56 Å². The molecule has 0 fully saturated rings. The molecule has 2 aromatic carbocycles. The Morgan fingerprint density at radius 2 is 1.80 bits per heavy atom. The fourth-order valence-corrected chi connectivity index (χ4v) is 2.13. The quantitative estimate of drug-likeness (QED) is 0.788. The molecular weight excluding hydrogens is 328 g/mol. The van der Waals surface area contributed by atoms with Crippen molar-refractivity contribution in [1.29, 1.82) is 5.26 Å². The summed E-state index contributed by atoms with van der Waals surface area (Å²) in [6, 6.07) is 10.8. The van der Waals surface area contributed by atoms with Gasteiger partial charge in [-0.15, -0.1) is 0 Å². The lowest BCUT2D eigenvalue weighted by Crippen LogP contribution is -2.11. The van der Waals surface area contributed by atoms with Gasteiger partial charge >= 0.3 is 0 Å². The molecule has 0 N–H and O–H groups in total. The van der Waals surface area contributed by atoms with Gasteiger partial charge in [-0.3, -0.25) is 4.79 Å². The summed E-state index contributed by atoms with van der Waals surface area (Å²) >= 11 is 2.99. The van der Waals surface area contributed by atoms with Crippen molar-refractivity contribution in [2.45, 2.75) is 5.92 Å². The number of hydrogen-bond acceptors (Lipinski definition) is 2. The van der Waals surface area contributed by atoms with Gasteiger partial charge in [-0.2, -0.15) is 5.26 Å². The van der Waals surface area contributed by atoms with Gasteiger partial charge < -0.3 is 0 Å². The molecule has 0 aliphatic carbocycles. The molecule has 5 heteroatoms. The molecule has 0 bridgehead atoms. The maximum Gasteiger partial charge on any atom is 0.184 e. The van der Waals surface area contributed by atoms with Crippen LogP contribution in [0.25, 0.3) is 0 Å². The number of hydrogen-bond donors (Lipinski definition) is 0. The van der Waals surface area contributed by atoms with Crippen molar-refractivity contribution in [2.75, 3.05) is 0 Å². The Labute approximate surface area is 122 Å². The molecular formula is C15H8BrF2NO. The Hall–Kier alpha value is -2.06. The van der Waals surface area contributed by atoms with Crippen LogP contribution in [0.5, 0.6) is 0 Å². The van der Waals surface area contributed by atoms with Crippen LogP contribution >= 0.6 is 15.9 Å². The Bertz CT molecular complexity index is 692. The summed E-state index contributed by atoms with van der Waals surface area (Å²) in [7, 11) is 0. The zero-order valence-corrected chi connectivity index (χ0v) is 11.7. The van der Waals surface area contributed by atoms with E-state index in [4.69, 9.17) is 5.26 Å². The molecule has 0 aliphatic rings. The van der Waals surface area contributed by atoms with E-state index in [0.29, 0.717) is 5.56 Å². The minimum absolute atomic E-state index is 0.152. The monoisotopic (exact) mass is 335 g/mol. The zero-order valence-electron chi connectivity index (χ0n) is 10.1. The summed E-state index contributed by atoms with van der Waals surface area (Å²) in [4.78, 5) is 12.3. The molecule has 0 radical (unpaired) electrons. The first-order valence-electron chi connectivity index (χ1n) is 5.67. The number of carbonyl (C=O) groups is 1. The molecule has 2 nitrogen and oxygen atoms in total. The number of ketones is 1. The fraction of sp³-hybridized carbons (Fsp3) is 0.0667. The molecule has 0 saturated heterocycles. The molecule has 0 aromatic heterocycles. The average Bonchev–Trinajstić information content (AvgIpc) is 2.44. The van der Waals surface area contributed by atoms with Crippen LogP contribution in [-0.4, -0.2) is 5.78 Å². The number of carbonyl (C=O) groups excluding carboxylic acids is 1. The van der Waals surface area contributed by atoms with Crippen LogP contribution in [0.1, 0.15) is 21.8 Å².